The van der Waals surface area contributed by atoms with Crippen molar-refractivity contribution < 1.29 is 9.90 Å². The Morgan fingerprint density at radius 1 is 1.13 bits per heavy atom. The van der Waals surface area contributed by atoms with E-state index in [1.807, 2.05) is 11.8 Å². The lowest BCUT2D eigenvalue weighted by Crippen LogP contribution is -2.54. The Bertz CT molecular complexity index is 535. The molecule has 1 aliphatic carbocycles. The van der Waals surface area contributed by atoms with Crippen LogP contribution in [-0.4, -0.2) is 59.1 Å². The maximum absolute atomic E-state index is 12.7. The number of aliphatic hydroxyl groups excluding tert-OH is 1. The summed E-state index contributed by atoms with van der Waals surface area (Å²) in [5.74, 6) is 0.139. The molecule has 23 heavy (non-hydrogen) atoms. The largest absolute Gasteiger partial charge is 0.391 e. The average Bonchev–Trinajstić information content (AvgIpc) is 3.00. The fourth-order valence-electron chi connectivity index (χ4n) is 3.89. The normalized spacial score (nSPS) is 27.2. The number of rotatable bonds is 3. The SMILES string of the molecule is Cc1ccc([C@H](C)C(=O)N2CCN([C@@H]3CCC[C@H]3O)CC2)cc1. The molecule has 1 N–H and O–H groups in total. The molecule has 1 aromatic carbocycles. The van der Waals surface area contributed by atoms with E-state index in [-0.39, 0.29) is 17.9 Å². The van der Waals surface area contributed by atoms with Crippen molar-refractivity contribution in [2.45, 2.75) is 51.2 Å². The van der Waals surface area contributed by atoms with Gasteiger partial charge in [0.2, 0.25) is 5.91 Å². The van der Waals surface area contributed by atoms with Crippen LogP contribution in [0.2, 0.25) is 0 Å². The van der Waals surface area contributed by atoms with Gasteiger partial charge in [0.1, 0.15) is 0 Å². The number of piperazine rings is 1. The first kappa shape index (κ1) is 16.5. The number of hydrogen-bond acceptors (Lipinski definition) is 3. The Morgan fingerprint density at radius 3 is 2.35 bits per heavy atom. The molecule has 3 rings (SSSR count). The van der Waals surface area contributed by atoms with Gasteiger partial charge in [0.15, 0.2) is 0 Å². The fourth-order valence-corrected chi connectivity index (χ4v) is 3.89. The van der Waals surface area contributed by atoms with E-state index in [0.717, 1.165) is 51.0 Å². The van der Waals surface area contributed by atoms with Crippen molar-refractivity contribution in [1.82, 2.24) is 9.80 Å². The maximum atomic E-state index is 12.7. The predicted molar refractivity (Wildman–Crippen MR) is 91.4 cm³/mol. The van der Waals surface area contributed by atoms with E-state index in [0.29, 0.717) is 6.04 Å². The average molecular weight is 316 g/mol. The van der Waals surface area contributed by atoms with Gasteiger partial charge in [-0.3, -0.25) is 9.69 Å². The van der Waals surface area contributed by atoms with E-state index in [4.69, 9.17) is 0 Å². The van der Waals surface area contributed by atoms with E-state index in [1.165, 1.54) is 5.56 Å². The zero-order valence-electron chi connectivity index (χ0n) is 14.2. The van der Waals surface area contributed by atoms with Gasteiger partial charge in [-0.1, -0.05) is 29.8 Å². The zero-order chi connectivity index (χ0) is 16.4. The highest BCUT2D eigenvalue weighted by Gasteiger charge is 2.34. The number of amides is 1. The summed E-state index contributed by atoms with van der Waals surface area (Å²) in [5.41, 5.74) is 2.31. The second-order valence-corrected chi connectivity index (χ2v) is 7.06. The summed E-state index contributed by atoms with van der Waals surface area (Å²) in [6.45, 7) is 7.38. The number of aryl methyl sites for hydroxylation is 1. The molecular formula is C19H28N2O2. The lowest BCUT2D eigenvalue weighted by atomic mass is 9.98. The van der Waals surface area contributed by atoms with Crippen LogP contribution in [0, 0.1) is 6.92 Å². The summed E-state index contributed by atoms with van der Waals surface area (Å²) in [7, 11) is 0. The number of carbonyl (C=O) groups excluding carboxylic acids is 1. The summed E-state index contributed by atoms with van der Waals surface area (Å²) < 4.78 is 0. The number of benzene rings is 1. The topological polar surface area (TPSA) is 43.8 Å². The molecule has 0 spiro atoms. The number of aliphatic hydroxyl groups is 1. The molecule has 2 aliphatic rings. The molecular weight excluding hydrogens is 288 g/mol. The van der Waals surface area contributed by atoms with Gasteiger partial charge in [-0.05, 0) is 38.7 Å². The molecule has 3 atom stereocenters. The molecule has 0 radical (unpaired) electrons. The Balaban J connectivity index is 1.56. The van der Waals surface area contributed by atoms with E-state index < -0.39 is 0 Å². The van der Waals surface area contributed by atoms with Gasteiger partial charge < -0.3 is 10.0 Å². The lowest BCUT2D eigenvalue weighted by molar-refractivity contribution is -0.134. The minimum Gasteiger partial charge on any atom is -0.391 e. The van der Waals surface area contributed by atoms with Crippen molar-refractivity contribution in [3.63, 3.8) is 0 Å². The zero-order valence-corrected chi connectivity index (χ0v) is 14.2. The quantitative estimate of drug-likeness (QED) is 0.929. The third kappa shape index (κ3) is 3.59. The monoisotopic (exact) mass is 316 g/mol. The molecule has 1 aliphatic heterocycles. The molecule has 0 bridgehead atoms. The summed E-state index contributed by atoms with van der Waals surface area (Å²) >= 11 is 0. The standard InChI is InChI=1S/C19H28N2O2/c1-14-6-8-16(9-7-14)15(2)19(23)21-12-10-20(11-13-21)17-4-3-5-18(17)22/h6-9,15,17-18,22H,3-5,10-13H2,1-2H3/t15-,17+,18+/m0/s1. The van der Waals surface area contributed by atoms with Crippen molar-refractivity contribution in [1.29, 1.82) is 0 Å². The van der Waals surface area contributed by atoms with Gasteiger partial charge in [-0.15, -0.1) is 0 Å². The first-order valence-electron chi connectivity index (χ1n) is 8.83. The smallest absolute Gasteiger partial charge is 0.229 e. The van der Waals surface area contributed by atoms with Crippen LogP contribution in [0.25, 0.3) is 0 Å². The van der Waals surface area contributed by atoms with Gasteiger partial charge in [0.25, 0.3) is 0 Å². The van der Waals surface area contributed by atoms with Crippen LogP contribution in [0.3, 0.4) is 0 Å². The fraction of sp³-hybridized carbons (Fsp3) is 0.632. The van der Waals surface area contributed by atoms with Crippen LogP contribution in [0.5, 0.6) is 0 Å². The molecule has 1 aromatic rings. The second kappa shape index (κ2) is 7.02. The van der Waals surface area contributed by atoms with Crippen molar-refractivity contribution in [2.75, 3.05) is 26.2 Å². The Labute approximate surface area is 139 Å². The van der Waals surface area contributed by atoms with Gasteiger partial charge in [-0.25, -0.2) is 0 Å². The van der Waals surface area contributed by atoms with Gasteiger partial charge >= 0.3 is 0 Å². The summed E-state index contributed by atoms with van der Waals surface area (Å²) in [6, 6.07) is 8.56. The summed E-state index contributed by atoms with van der Waals surface area (Å²) in [4.78, 5) is 17.1. The molecule has 0 aromatic heterocycles. The van der Waals surface area contributed by atoms with E-state index in [1.54, 1.807) is 0 Å². The van der Waals surface area contributed by atoms with Gasteiger partial charge in [0.05, 0.1) is 12.0 Å². The van der Waals surface area contributed by atoms with Crippen molar-refractivity contribution in [2.24, 2.45) is 0 Å². The molecule has 1 heterocycles. The molecule has 4 nitrogen and oxygen atoms in total. The van der Waals surface area contributed by atoms with Crippen molar-refractivity contribution in [3.8, 4) is 0 Å². The highest BCUT2D eigenvalue weighted by atomic mass is 16.3. The predicted octanol–water partition coefficient (Wildman–Crippen LogP) is 2.16. The van der Waals surface area contributed by atoms with Crippen LogP contribution in [0.4, 0.5) is 0 Å². The number of carbonyl (C=O) groups is 1. The van der Waals surface area contributed by atoms with Gasteiger partial charge in [-0.2, -0.15) is 0 Å². The minimum absolute atomic E-state index is 0.0841. The molecule has 126 valence electrons. The minimum atomic E-state index is -0.177. The first-order valence-corrected chi connectivity index (χ1v) is 8.83. The molecule has 1 saturated heterocycles. The van der Waals surface area contributed by atoms with Crippen LogP contribution in [-0.2, 0) is 4.79 Å². The van der Waals surface area contributed by atoms with E-state index >= 15 is 0 Å². The highest BCUT2D eigenvalue weighted by molar-refractivity contribution is 5.83. The number of hydrogen-bond donors (Lipinski definition) is 1. The molecule has 4 heteroatoms. The summed E-state index contributed by atoms with van der Waals surface area (Å²) in [5, 5.41) is 10.1. The Hall–Kier alpha value is -1.39. The van der Waals surface area contributed by atoms with Crippen LogP contribution in [0.15, 0.2) is 24.3 Å². The second-order valence-electron chi connectivity index (χ2n) is 7.06. The van der Waals surface area contributed by atoms with E-state index in [9.17, 15) is 9.90 Å². The Kier molecular flexibility index (Phi) is 5.02. The van der Waals surface area contributed by atoms with Gasteiger partial charge in [0, 0.05) is 32.2 Å². The van der Waals surface area contributed by atoms with Crippen LogP contribution in [0.1, 0.15) is 43.2 Å². The summed E-state index contributed by atoms with van der Waals surface area (Å²) in [6.07, 6.45) is 2.96. The van der Waals surface area contributed by atoms with Crippen LogP contribution >= 0.6 is 0 Å². The molecule has 2 fully saturated rings. The van der Waals surface area contributed by atoms with Crippen molar-refractivity contribution >= 4 is 5.91 Å². The lowest BCUT2D eigenvalue weighted by Gasteiger charge is -2.39. The molecule has 1 amide bonds. The molecule has 0 unspecified atom stereocenters. The third-order valence-corrected chi connectivity index (χ3v) is 5.49. The van der Waals surface area contributed by atoms with Crippen LogP contribution < -0.4 is 0 Å². The molecule has 1 saturated carbocycles. The van der Waals surface area contributed by atoms with Crippen molar-refractivity contribution in [3.05, 3.63) is 35.4 Å². The maximum Gasteiger partial charge on any atom is 0.229 e. The van der Waals surface area contributed by atoms with E-state index in [2.05, 4.69) is 36.1 Å². The Morgan fingerprint density at radius 2 is 1.78 bits per heavy atom. The first-order chi connectivity index (χ1) is 11.1. The number of nitrogens with zero attached hydrogens (tertiary/aromatic N) is 2. The third-order valence-electron chi connectivity index (χ3n) is 5.49. The highest BCUT2D eigenvalue weighted by Crippen LogP contribution is 2.26.